The number of nitrogens with zero attached hydrogens (tertiary/aromatic N) is 1. The van der Waals surface area contributed by atoms with Gasteiger partial charge in [-0.1, -0.05) is 24.4 Å². The molecule has 0 spiro atoms. The number of hydrogen-bond donors (Lipinski definition) is 3. The average Bonchev–Trinajstić information content (AvgIpc) is 2.15. The molecule has 0 aromatic carbocycles. The topological polar surface area (TPSA) is 70.6 Å². The zero-order chi connectivity index (χ0) is 8.81. The molecular formula is C8H17N3O. The first-order valence-corrected chi connectivity index (χ1v) is 4.54. The Hall–Kier alpha value is -0.770. The molecule has 1 fully saturated rings. The molecule has 0 atom stereocenters. The Morgan fingerprint density at radius 2 is 2.08 bits per heavy atom. The molecule has 1 aliphatic rings. The zero-order valence-electron chi connectivity index (χ0n) is 7.29. The van der Waals surface area contributed by atoms with Crippen LogP contribution in [0.4, 0.5) is 0 Å². The fourth-order valence-electron chi connectivity index (χ4n) is 1.74. The SMILES string of the molecule is NCNC(=NO)C1CCCCC1. The Balaban J connectivity index is 2.41. The Morgan fingerprint density at radius 1 is 1.42 bits per heavy atom. The summed E-state index contributed by atoms with van der Waals surface area (Å²) < 4.78 is 0. The molecule has 70 valence electrons. The summed E-state index contributed by atoms with van der Waals surface area (Å²) in [5.41, 5.74) is 5.31. The summed E-state index contributed by atoms with van der Waals surface area (Å²) in [5.74, 6) is 1.06. The highest BCUT2D eigenvalue weighted by molar-refractivity contribution is 5.83. The summed E-state index contributed by atoms with van der Waals surface area (Å²) >= 11 is 0. The standard InChI is InChI=1S/C8H17N3O/c9-6-10-8(11-12)7-4-2-1-3-5-7/h7,12H,1-6,9H2,(H,10,11). The molecule has 0 radical (unpaired) electrons. The fourth-order valence-corrected chi connectivity index (χ4v) is 1.74. The largest absolute Gasteiger partial charge is 0.409 e. The second kappa shape index (κ2) is 4.98. The third-order valence-corrected chi connectivity index (χ3v) is 2.38. The molecule has 1 rings (SSSR count). The summed E-state index contributed by atoms with van der Waals surface area (Å²) in [6, 6.07) is 0. The molecule has 0 bridgehead atoms. The van der Waals surface area contributed by atoms with Crippen molar-refractivity contribution in [2.24, 2.45) is 16.8 Å². The van der Waals surface area contributed by atoms with Crippen LogP contribution in [-0.2, 0) is 0 Å². The van der Waals surface area contributed by atoms with Crippen molar-refractivity contribution in [1.82, 2.24) is 5.32 Å². The predicted molar refractivity (Wildman–Crippen MR) is 48.0 cm³/mol. The maximum absolute atomic E-state index is 8.68. The first kappa shape index (κ1) is 9.32. The molecule has 4 nitrogen and oxygen atoms in total. The molecule has 1 saturated carbocycles. The van der Waals surface area contributed by atoms with Crippen LogP contribution < -0.4 is 11.1 Å². The van der Waals surface area contributed by atoms with Crippen molar-refractivity contribution in [2.75, 3.05) is 6.67 Å². The normalized spacial score (nSPS) is 20.9. The molecule has 1 aliphatic carbocycles. The van der Waals surface area contributed by atoms with Gasteiger partial charge in [-0.15, -0.1) is 0 Å². The molecule has 0 heterocycles. The van der Waals surface area contributed by atoms with Crippen LogP contribution in [0.3, 0.4) is 0 Å². The number of rotatable bonds is 2. The lowest BCUT2D eigenvalue weighted by Crippen LogP contribution is -2.35. The van der Waals surface area contributed by atoms with Crippen LogP contribution in [0, 0.1) is 5.92 Å². The van der Waals surface area contributed by atoms with E-state index in [0.29, 0.717) is 18.4 Å². The lowest BCUT2D eigenvalue weighted by molar-refractivity contribution is 0.305. The van der Waals surface area contributed by atoms with Crippen molar-refractivity contribution < 1.29 is 5.21 Å². The Labute approximate surface area is 72.8 Å². The summed E-state index contributed by atoms with van der Waals surface area (Å²) in [5, 5.41) is 14.8. The van der Waals surface area contributed by atoms with Crippen LogP contribution in [0.5, 0.6) is 0 Å². The van der Waals surface area contributed by atoms with Gasteiger partial charge < -0.3 is 16.3 Å². The van der Waals surface area contributed by atoms with Gasteiger partial charge in [-0.3, -0.25) is 0 Å². The van der Waals surface area contributed by atoms with Crippen LogP contribution in [0.25, 0.3) is 0 Å². The van der Waals surface area contributed by atoms with E-state index in [4.69, 9.17) is 10.9 Å². The van der Waals surface area contributed by atoms with Crippen LogP contribution in [0.15, 0.2) is 5.16 Å². The number of amidine groups is 1. The molecule has 0 aliphatic heterocycles. The van der Waals surface area contributed by atoms with Gasteiger partial charge >= 0.3 is 0 Å². The lowest BCUT2D eigenvalue weighted by Gasteiger charge is -2.22. The van der Waals surface area contributed by atoms with Gasteiger partial charge in [-0.25, -0.2) is 0 Å². The van der Waals surface area contributed by atoms with E-state index in [-0.39, 0.29) is 0 Å². The molecule has 0 amide bonds. The quantitative estimate of drug-likeness (QED) is 0.190. The number of oxime groups is 1. The van der Waals surface area contributed by atoms with Crippen LogP contribution in [0.2, 0.25) is 0 Å². The van der Waals surface area contributed by atoms with E-state index in [0.717, 1.165) is 12.8 Å². The van der Waals surface area contributed by atoms with Gasteiger partial charge in [0.2, 0.25) is 0 Å². The molecule has 0 saturated heterocycles. The summed E-state index contributed by atoms with van der Waals surface area (Å²) in [7, 11) is 0. The number of hydrogen-bond acceptors (Lipinski definition) is 3. The van der Waals surface area contributed by atoms with E-state index >= 15 is 0 Å². The minimum Gasteiger partial charge on any atom is -0.409 e. The minimum absolute atomic E-state index is 0.343. The monoisotopic (exact) mass is 171 g/mol. The third kappa shape index (κ3) is 2.37. The molecule has 0 aromatic heterocycles. The fraction of sp³-hybridized carbons (Fsp3) is 0.875. The Kier molecular flexibility index (Phi) is 3.87. The smallest absolute Gasteiger partial charge is 0.145 e. The zero-order valence-corrected chi connectivity index (χ0v) is 7.29. The molecular weight excluding hydrogens is 154 g/mol. The van der Waals surface area contributed by atoms with Gasteiger partial charge in [0.15, 0.2) is 0 Å². The number of nitrogens with one attached hydrogen (secondary N) is 1. The van der Waals surface area contributed by atoms with Crippen molar-refractivity contribution in [1.29, 1.82) is 0 Å². The van der Waals surface area contributed by atoms with Gasteiger partial charge in [0.05, 0.1) is 6.67 Å². The van der Waals surface area contributed by atoms with E-state index in [1.807, 2.05) is 0 Å². The maximum Gasteiger partial charge on any atom is 0.145 e. The van der Waals surface area contributed by atoms with Crippen molar-refractivity contribution >= 4 is 5.84 Å². The minimum atomic E-state index is 0.343. The van der Waals surface area contributed by atoms with Crippen LogP contribution in [-0.4, -0.2) is 17.7 Å². The van der Waals surface area contributed by atoms with E-state index in [1.165, 1.54) is 19.3 Å². The lowest BCUT2D eigenvalue weighted by atomic mass is 9.88. The summed E-state index contributed by atoms with van der Waals surface area (Å²) in [6.07, 6.45) is 6.00. The average molecular weight is 171 g/mol. The van der Waals surface area contributed by atoms with Crippen molar-refractivity contribution in [3.8, 4) is 0 Å². The molecule has 12 heavy (non-hydrogen) atoms. The van der Waals surface area contributed by atoms with Crippen LogP contribution in [0.1, 0.15) is 32.1 Å². The predicted octanol–water partition coefficient (Wildman–Crippen LogP) is 0.860. The first-order valence-electron chi connectivity index (χ1n) is 4.54. The Morgan fingerprint density at radius 3 is 2.58 bits per heavy atom. The van der Waals surface area contributed by atoms with Crippen LogP contribution >= 0.6 is 0 Å². The Bertz CT molecular complexity index is 152. The molecule has 4 N–H and O–H groups in total. The highest BCUT2D eigenvalue weighted by atomic mass is 16.4. The first-order chi connectivity index (χ1) is 5.88. The highest BCUT2D eigenvalue weighted by Gasteiger charge is 2.18. The second-order valence-electron chi connectivity index (χ2n) is 3.20. The van der Waals surface area contributed by atoms with E-state index in [2.05, 4.69) is 10.5 Å². The van der Waals surface area contributed by atoms with E-state index in [1.54, 1.807) is 0 Å². The summed E-state index contributed by atoms with van der Waals surface area (Å²) in [4.78, 5) is 0. The maximum atomic E-state index is 8.68. The molecule has 4 heteroatoms. The van der Waals surface area contributed by atoms with Gasteiger partial charge in [0.1, 0.15) is 5.84 Å². The van der Waals surface area contributed by atoms with Gasteiger partial charge in [-0.05, 0) is 12.8 Å². The van der Waals surface area contributed by atoms with Crippen molar-refractivity contribution in [3.05, 3.63) is 0 Å². The second-order valence-corrected chi connectivity index (χ2v) is 3.20. The molecule has 0 aromatic rings. The van der Waals surface area contributed by atoms with Crippen molar-refractivity contribution in [3.63, 3.8) is 0 Å². The highest BCUT2D eigenvalue weighted by Crippen LogP contribution is 2.23. The van der Waals surface area contributed by atoms with Gasteiger partial charge in [-0.2, -0.15) is 0 Å². The van der Waals surface area contributed by atoms with E-state index < -0.39 is 0 Å². The van der Waals surface area contributed by atoms with Gasteiger partial charge in [0, 0.05) is 5.92 Å². The third-order valence-electron chi connectivity index (χ3n) is 2.38. The molecule has 0 unspecified atom stereocenters. The number of nitrogens with two attached hydrogens (primary N) is 1. The summed E-state index contributed by atoms with van der Waals surface area (Å²) in [6.45, 7) is 0.343. The van der Waals surface area contributed by atoms with Gasteiger partial charge in [0.25, 0.3) is 0 Å². The van der Waals surface area contributed by atoms with Crippen molar-refractivity contribution in [2.45, 2.75) is 32.1 Å². The van der Waals surface area contributed by atoms with E-state index in [9.17, 15) is 0 Å².